The molecular weight excluding hydrogens is 340 g/mol. The standard InChI is InChI=1S/C17H27ClN6O/c1-4-19-17(21-10-7-15(25)23(2)3)22-13-8-11-24(12-13)16-14(18)6-5-9-20-16/h5-6,9,13H,4,7-8,10-12H2,1-3H3,(H2,19,21,22). The van der Waals surface area contributed by atoms with Crippen molar-refractivity contribution in [3.8, 4) is 0 Å². The highest BCUT2D eigenvalue weighted by atomic mass is 35.5. The number of carbonyl (C=O) groups is 1. The minimum atomic E-state index is 0.0800. The first kappa shape index (κ1) is 19.3. The highest BCUT2D eigenvalue weighted by molar-refractivity contribution is 6.32. The van der Waals surface area contributed by atoms with Gasteiger partial charge in [-0.25, -0.2) is 4.98 Å². The molecule has 1 aromatic rings. The van der Waals surface area contributed by atoms with E-state index in [9.17, 15) is 4.79 Å². The van der Waals surface area contributed by atoms with Crippen LogP contribution < -0.4 is 15.5 Å². The molecule has 1 fully saturated rings. The molecule has 1 aliphatic heterocycles. The number of hydrogen-bond donors (Lipinski definition) is 2. The molecule has 1 atom stereocenters. The number of pyridine rings is 1. The van der Waals surface area contributed by atoms with E-state index in [1.807, 2.05) is 19.1 Å². The number of nitrogens with one attached hydrogen (secondary N) is 2. The van der Waals surface area contributed by atoms with Gasteiger partial charge in [0.15, 0.2) is 5.96 Å². The van der Waals surface area contributed by atoms with Gasteiger partial charge in [-0.1, -0.05) is 11.6 Å². The lowest BCUT2D eigenvalue weighted by atomic mass is 10.3. The summed E-state index contributed by atoms with van der Waals surface area (Å²) in [6.07, 6.45) is 3.15. The van der Waals surface area contributed by atoms with Gasteiger partial charge in [0.2, 0.25) is 5.91 Å². The fourth-order valence-corrected chi connectivity index (χ4v) is 2.92. The molecule has 138 valence electrons. The third-order valence-electron chi connectivity index (χ3n) is 4.01. The van der Waals surface area contributed by atoms with Gasteiger partial charge in [0.1, 0.15) is 5.82 Å². The van der Waals surface area contributed by atoms with Gasteiger partial charge < -0.3 is 20.4 Å². The van der Waals surface area contributed by atoms with E-state index in [2.05, 4.69) is 25.5 Å². The van der Waals surface area contributed by atoms with Crippen molar-refractivity contribution in [3.05, 3.63) is 23.4 Å². The maximum Gasteiger partial charge on any atom is 0.223 e. The average molecular weight is 367 g/mol. The van der Waals surface area contributed by atoms with Gasteiger partial charge in [-0.05, 0) is 25.5 Å². The van der Waals surface area contributed by atoms with Crippen molar-refractivity contribution in [2.24, 2.45) is 4.99 Å². The molecule has 2 rings (SSSR count). The zero-order valence-electron chi connectivity index (χ0n) is 15.1. The van der Waals surface area contributed by atoms with Crippen LogP contribution in [0.25, 0.3) is 0 Å². The van der Waals surface area contributed by atoms with Gasteiger partial charge in [0, 0.05) is 52.4 Å². The summed E-state index contributed by atoms with van der Waals surface area (Å²) < 4.78 is 0. The number of aromatic nitrogens is 1. The number of carbonyl (C=O) groups excluding carboxylic acids is 1. The lowest BCUT2D eigenvalue weighted by molar-refractivity contribution is -0.128. The molecule has 0 spiro atoms. The zero-order chi connectivity index (χ0) is 18.2. The van der Waals surface area contributed by atoms with Crippen LogP contribution in [0.4, 0.5) is 5.82 Å². The maximum atomic E-state index is 11.6. The van der Waals surface area contributed by atoms with E-state index >= 15 is 0 Å². The summed E-state index contributed by atoms with van der Waals surface area (Å²) in [5.74, 6) is 1.65. The summed E-state index contributed by atoms with van der Waals surface area (Å²) in [5.41, 5.74) is 0. The van der Waals surface area contributed by atoms with Gasteiger partial charge in [-0.2, -0.15) is 0 Å². The number of aliphatic imine (C=N–C) groups is 1. The van der Waals surface area contributed by atoms with Crippen LogP contribution in [0.15, 0.2) is 23.3 Å². The smallest absolute Gasteiger partial charge is 0.223 e. The topological polar surface area (TPSA) is 72.9 Å². The Morgan fingerprint density at radius 3 is 3.00 bits per heavy atom. The molecule has 25 heavy (non-hydrogen) atoms. The number of nitrogens with zero attached hydrogens (tertiary/aromatic N) is 4. The molecule has 0 radical (unpaired) electrons. The van der Waals surface area contributed by atoms with E-state index in [0.29, 0.717) is 18.0 Å². The van der Waals surface area contributed by atoms with Crippen LogP contribution in [0.2, 0.25) is 5.02 Å². The molecule has 0 bridgehead atoms. The Balaban J connectivity index is 1.90. The van der Waals surface area contributed by atoms with Gasteiger partial charge >= 0.3 is 0 Å². The Morgan fingerprint density at radius 2 is 2.32 bits per heavy atom. The minimum Gasteiger partial charge on any atom is -0.357 e. The lowest BCUT2D eigenvalue weighted by Crippen LogP contribution is -2.44. The molecule has 0 aliphatic carbocycles. The quantitative estimate of drug-likeness (QED) is 0.587. The molecule has 1 aliphatic rings. The molecule has 0 aromatic carbocycles. The summed E-state index contributed by atoms with van der Waals surface area (Å²) in [7, 11) is 3.51. The van der Waals surface area contributed by atoms with E-state index in [-0.39, 0.29) is 11.9 Å². The molecule has 1 aromatic heterocycles. The van der Waals surface area contributed by atoms with Crippen LogP contribution in [0, 0.1) is 0 Å². The first-order chi connectivity index (χ1) is 12.0. The third kappa shape index (κ3) is 5.77. The number of halogens is 1. The van der Waals surface area contributed by atoms with E-state index in [1.165, 1.54) is 0 Å². The summed E-state index contributed by atoms with van der Waals surface area (Å²) in [5, 5.41) is 7.34. The molecule has 8 heteroatoms. The Hall–Kier alpha value is -2.02. The van der Waals surface area contributed by atoms with Gasteiger partial charge in [0.25, 0.3) is 0 Å². The molecule has 0 saturated carbocycles. The highest BCUT2D eigenvalue weighted by Crippen LogP contribution is 2.25. The summed E-state index contributed by atoms with van der Waals surface area (Å²) in [6.45, 7) is 4.98. The number of guanidine groups is 1. The Kier molecular flexibility index (Phi) is 7.31. The second kappa shape index (κ2) is 9.46. The minimum absolute atomic E-state index is 0.0800. The van der Waals surface area contributed by atoms with Crippen LogP contribution in [-0.2, 0) is 4.79 Å². The van der Waals surface area contributed by atoms with Gasteiger partial charge in [0.05, 0.1) is 11.6 Å². The summed E-state index contributed by atoms with van der Waals surface area (Å²) in [4.78, 5) is 24.3. The number of hydrogen-bond acceptors (Lipinski definition) is 4. The Bertz CT molecular complexity index is 607. The van der Waals surface area contributed by atoms with Crippen LogP contribution in [0.5, 0.6) is 0 Å². The molecule has 1 saturated heterocycles. The monoisotopic (exact) mass is 366 g/mol. The van der Waals surface area contributed by atoms with Crippen LogP contribution >= 0.6 is 11.6 Å². The van der Waals surface area contributed by atoms with Crippen LogP contribution in [0.3, 0.4) is 0 Å². The van der Waals surface area contributed by atoms with Crippen LogP contribution in [-0.4, -0.2) is 68.1 Å². The summed E-state index contributed by atoms with van der Waals surface area (Å²) in [6, 6.07) is 3.96. The first-order valence-corrected chi connectivity index (χ1v) is 8.99. The molecule has 2 N–H and O–H groups in total. The number of amides is 1. The fourth-order valence-electron chi connectivity index (χ4n) is 2.68. The highest BCUT2D eigenvalue weighted by Gasteiger charge is 2.25. The predicted octanol–water partition coefficient (Wildman–Crippen LogP) is 1.35. The maximum absolute atomic E-state index is 11.6. The van der Waals surface area contributed by atoms with Crippen molar-refractivity contribution in [2.45, 2.75) is 25.8 Å². The first-order valence-electron chi connectivity index (χ1n) is 8.61. The van der Waals surface area contributed by atoms with E-state index in [1.54, 1.807) is 25.2 Å². The normalized spacial score (nSPS) is 17.5. The fraction of sp³-hybridized carbons (Fsp3) is 0.588. The van der Waals surface area contributed by atoms with Crippen molar-refractivity contribution in [3.63, 3.8) is 0 Å². The number of rotatable bonds is 6. The predicted molar refractivity (Wildman–Crippen MR) is 102 cm³/mol. The summed E-state index contributed by atoms with van der Waals surface area (Å²) >= 11 is 6.23. The van der Waals surface area contributed by atoms with E-state index in [4.69, 9.17) is 11.6 Å². The second-order valence-corrected chi connectivity index (χ2v) is 6.59. The molecule has 7 nitrogen and oxygen atoms in total. The number of anilines is 1. The van der Waals surface area contributed by atoms with Crippen molar-refractivity contribution < 1.29 is 4.79 Å². The van der Waals surface area contributed by atoms with E-state index < -0.39 is 0 Å². The van der Waals surface area contributed by atoms with E-state index in [0.717, 1.165) is 37.8 Å². The lowest BCUT2D eigenvalue weighted by Gasteiger charge is -2.20. The SMILES string of the molecule is CCNC(=NCCC(=O)N(C)C)NC1CCN(c2ncccc2Cl)C1. The zero-order valence-corrected chi connectivity index (χ0v) is 15.9. The Morgan fingerprint density at radius 1 is 1.52 bits per heavy atom. The molecular formula is C17H27ClN6O. The van der Waals surface area contributed by atoms with Crippen molar-refractivity contribution in [2.75, 3.05) is 45.2 Å². The van der Waals surface area contributed by atoms with Crippen molar-refractivity contribution >= 4 is 29.3 Å². The Labute approximate surface area is 154 Å². The van der Waals surface area contributed by atoms with Gasteiger partial charge in [-0.15, -0.1) is 0 Å². The van der Waals surface area contributed by atoms with Crippen molar-refractivity contribution in [1.29, 1.82) is 0 Å². The molecule has 1 unspecified atom stereocenters. The largest absolute Gasteiger partial charge is 0.357 e. The van der Waals surface area contributed by atoms with Crippen molar-refractivity contribution in [1.82, 2.24) is 20.5 Å². The average Bonchev–Trinajstić information content (AvgIpc) is 3.03. The molecule has 1 amide bonds. The second-order valence-electron chi connectivity index (χ2n) is 6.18. The van der Waals surface area contributed by atoms with Crippen LogP contribution in [0.1, 0.15) is 19.8 Å². The third-order valence-corrected chi connectivity index (χ3v) is 4.30. The molecule has 2 heterocycles. The van der Waals surface area contributed by atoms with Gasteiger partial charge in [-0.3, -0.25) is 9.79 Å².